The average molecular weight is 332 g/mol. The number of aryl methyl sites for hydroxylation is 2. The van der Waals surface area contributed by atoms with Crippen molar-refractivity contribution in [3.63, 3.8) is 0 Å². The maximum Gasteiger partial charge on any atom is 0.271 e. The third kappa shape index (κ3) is 4.41. The summed E-state index contributed by atoms with van der Waals surface area (Å²) < 4.78 is 0. The Morgan fingerprint density at radius 2 is 1.84 bits per heavy atom. The predicted octanol–water partition coefficient (Wildman–Crippen LogP) is 3.77. The van der Waals surface area contributed by atoms with Crippen LogP contribution in [-0.4, -0.2) is 15.9 Å². The molecule has 5 heteroatoms. The van der Waals surface area contributed by atoms with Gasteiger partial charge in [-0.15, -0.1) is 0 Å². The summed E-state index contributed by atoms with van der Waals surface area (Å²) >= 11 is 0. The number of hydrogen-bond donors (Lipinski definition) is 2. The van der Waals surface area contributed by atoms with Crippen LogP contribution in [0, 0.1) is 13.8 Å². The molecule has 0 unspecified atom stereocenters. The van der Waals surface area contributed by atoms with Crippen LogP contribution in [0.1, 0.15) is 27.2 Å². The lowest BCUT2D eigenvalue weighted by Gasteiger charge is -2.09. The lowest BCUT2D eigenvalue weighted by molar-refractivity contribution is 0.0945. The second kappa shape index (κ2) is 7.57. The van der Waals surface area contributed by atoms with Gasteiger partial charge in [0.25, 0.3) is 5.91 Å². The van der Waals surface area contributed by atoms with Crippen molar-refractivity contribution in [1.82, 2.24) is 15.3 Å². The lowest BCUT2D eigenvalue weighted by atomic mass is 10.1. The Morgan fingerprint density at radius 3 is 2.56 bits per heavy atom. The molecule has 2 N–H and O–H groups in total. The van der Waals surface area contributed by atoms with Crippen LogP contribution >= 0.6 is 0 Å². The van der Waals surface area contributed by atoms with Crippen molar-refractivity contribution in [3.8, 4) is 0 Å². The molecular weight excluding hydrogens is 312 g/mol. The van der Waals surface area contributed by atoms with Gasteiger partial charge in [0.05, 0.1) is 12.4 Å². The monoisotopic (exact) mass is 332 g/mol. The van der Waals surface area contributed by atoms with Gasteiger partial charge < -0.3 is 10.6 Å². The molecule has 2 aromatic carbocycles. The van der Waals surface area contributed by atoms with Gasteiger partial charge in [-0.25, -0.2) is 9.97 Å². The minimum Gasteiger partial charge on any atom is -0.347 e. The molecule has 0 atom stereocenters. The zero-order valence-corrected chi connectivity index (χ0v) is 14.3. The second-order valence-corrected chi connectivity index (χ2v) is 5.90. The quantitative estimate of drug-likeness (QED) is 0.746. The first-order valence-electron chi connectivity index (χ1n) is 8.10. The molecule has 0 fully saturated rings. The standard InChI is InChI=1S/C20H20N4O/c1-14-6-5-8-16(10-14)11-23-20(25)18-12-22-19(13-21-18)24-17-9-4-3-7-15(17)2/h3-10,12-13H,11H2,1-2H3,(H,22,24)(H,23,25). The molecule has 0 aliphatic carbocycles. The SMILES string of the molecule is Cc1cccc(CNC(=O)c2cnc(Nc3ccccc3C)cn2)c1. The minimum atomic E-state index is -0.239. The molecule has 0 radical (unpaired) electrons. The Hall–Kier alpha value is -3.21. The number of anilines is 2. The highest BCUT2D eigenvalue weighted by molar-refractivity contribution is 5.92. The van der Waals surface area contributed by atoms with Gasteiger partial charge in [-0.2, -0.15) is 0 Å². The molecular formula is C20H20N4O. The fourth-order valence-electron chi connectivity index (χ4n) is 2.46. The van der Waals surface area contributed by atoms with Crippen molar-refractivity contribution < 1.29 is 4.79 Å². The third-order valence-corrected chi connectivity index (χ3v) is 3.83. The Bertz CT molecular complexity index is 875. The number of hydrogen-bond acceptors (Lipinski definition) is 4. The number of benzene rings is 2. The summed E-state index contributed by atoms with van der Waals surface area (Å²) in [4.78, 5) is 20.7. The number of para-hydroxylation sites is 1. The van der Waals surface area contributed by atoms with E-state index in [1.54, 1.807) is 6.20 Å². The summed E-state index contributed by atoms with van der Waals surface area (Å²) in [5, 5.41) is 6.06. The van der Waals surface area contributed by atoms with E-state index in [2.05, 4.69) is 20.6 Å². The van der Waals surface area contributed by atoms with E-state index in [4.69, 9.17) is 0 Å². The fourth-order valence-corrected chi connectivity index (χ4v) is 2.46. The number of nitrogens with zero attached hydrogens (tertiary/aromatic N) is 2. The first kappa shape index (κ1) is 16.6. The zero-order valence-electron chi connectivity index (χ0n) is 14.3. The highest BCUT2D eigenvalue weighted by atomic mass is 16.1. The van der Waals surface area contributed by atoms with Crippen LogP contribution in [0.3, 0.4) is 0 Å². The zero-order chi connectivity index (χ0) is 17.6. The van der Waals surface area contributed by atoms with Crippen LogP contribution < -0.4 is 10.6 Å². The van der Waals surface area contributed by atoms with Gasteiger partial charge in [0.2, 0.25) is 0 Å². The van der Waals surface area contributed by atoms with E-state index in [0.717, 1.165) is 22.4 Å². The molecule has 3 rings (SSSR count). The smallest absolute Gasteiger partial charge is 0.271 e. The van der Waals surface area contributed by atoms with Gasteiger partial charge in [0.15, 0.2) is 0 Å². The number of carbonyl (C=O) groups excluding carboxylic acids is 1. The Kier molecular flexibility index (Phi) is 5.04. The van der Waals surface area contributed by atoms with Gasteiger partial charge in [0, 0.05) is 12.2 Å². The molecule has 0 aliphatic heterocycles. The molecule has 1 amide bonds. The topological polar surface area (TPSA) is 66.9 Å². The van der Waals surface area contributed by atoms with E-state index in [1.165, 1.54) is 6.20 Å². The molecule has 5 nitrogen and oxygen atoms in total. The summed E-state index contributed by atoms with van der Waals surface area (Å²) in [6.07, 6.45) is 3.04. The normalized spacial score (nSPS) is 10.3. The van der Waals surface area contributed by atoms with E-state index < -0.39 is 0 Å². The third-order valence-electron chi connectivity index (χ3n) is 3.83. The minimum absolute atomic E-state index is 0.239. The highest BCUT2D eigenvalue weighted by Gasteiger charge is 2.08. The maximum absolute atomic E-state index is 12.2. The number of aromatic nitrogens is 2. The van der Waals surface area contributed by atoms with Gasteiger partial charge in [-0.3, -0.25) is 4.79 Å². The Morgan fingerprint density at radius 1 is 1.00 bits per heavy atom. The van der Waals surface area contributed by atoms with Gasteiger partial charge >= 0.3 is 0 Å². The molecule has 3 aromatic rings. The summed E-state index contributed by atoms with van der Waals surface area (Å²) in [5.41, 5.74) is 4.60. The van der Waals surface area contributed by atoms with Crippen LogP contribution in [0.25, 0.3) is 0 Å². The van der Waals surface area contributed by atoms with Crippen LogP contribution in [0.15, 0.2) is 60.9 Å². The largest absolute Gasteiger partial charge is 0.347 e. The van der Waals surface area contributed by atoms with Crippen LogP contribution in [-0.2, 0) is 6.54 Å². The fraction of sp³-hybridized carbons (Fsp3) is 0.150. The van der Waals surface area contributed by atoms with Crippen LogP contribution in [0.5, 0.6) is 0 Å². The molecule has 0 spiro atoms. The number of amides is 1. The molecule has 0 saturated heterocycles. The Labute approximate surface area is 147 Å². The predicted molar refractivity (Wildman–Crippen MR) is 98.8 cm³/mol. The van der Waals surface area contributed by atoms with Crippen molar-refractivity contribution in [2.45, 2.75) is 20.4 Å². The molecule has 1 aromatic heterocycles. The van der Waals surface area contributed by atoms with Crippen molar-refractivity contribution >= 4 is 17.4 Å². The van der Waals surface area contributed by atoms with E-state index in [1.807, 2.05) is 62.4 Å². The molecule has 0 saturated carbocycles. The second-order valence-electron chi connectivity index (χ2n) is 5.90. The average Bonchev–Trinajstić information content (AvgIpc) is 2.62. The van der Waals surface area contributed by atoms with E-state index >= 15 is 0 Å². The molecule has 25 heavy (non-hydrogen) atoms. The summed E-state index contributed by atoms with van der Waals surface area (Å²) in [6, 6.07) is 15.9. The van der Waals surface area contributed by atoms with E-state index in [0.29, 0.717) is 18.1 Å². The lowest BCUT2D eigenvalue weighted by Crippen LogP contribution is -2.24. The molecule has 0 bridgehead atoms. The van der Waals surface area contributed by atoms with E-state index in [9.17, 15) is 4.79 Å². The number of nitrogens with one attached hydrogen (secondary N) is 2. The van der Waals surface area contributed by atoms with E-state index in [-0.39, 0.29) is 5.91 Å². The highest BCUT2D eigenvalue weighted by Crippen LogP contribution is 2.17. The van der Waals surface area contributed by atoms with Crippen molar-refractivity contribution in [1.29, 1.82) is 0 Å². The van der Waals surface area contributed by atoms with Gasteiger partial charge in [0.1, 0.15) is 11.5 Å². The summed E-state index contributed by atoms with van der Waals surface area (Å²) in [5.74, 6) is 0.362. The maximum atomic E-state index is 12.2. The van der Waals surface area contributed by atoms with Crippen LogP contribution in [0.4, 0.5) is 11.5 Å². The van der Waals surface area contributed by atoms with Gasteiger partial charge in [-0.1, -0.05) is 48.0 Å². The molecule has 0 aliphatic rings. The number of rotatable bonds is 5. The molecule has 126 valence electrons. The number of carbonyl (C=O) groups is 1. The van der Waals surface area contributed by atoms with Gasteiger partial charge in [-0.05, 0) is 31.0 Å². The Balaban J connectivity index is 1.61. The van der Waals surface area contributed by atoms with Crippen molar-refractivity contribution in [2.24, 2.45) is 0 Å². The summed E-state index contributed by atoms with van der Waals surface area (Å²) in [7, 11) is 0. The first-order chi connectivity index (χ1) is 12.1. The summed E-state index contributed by atoms with van der Waals surface area (Å²) in [6.45, 7) is 4.51. The molecule has 1 heterocycles. The van der Waals surface area contributed by atoms with Crippen molar-refractivity contribution in [3.05, 3.63) is 83.3 Å². The van der Waals surface area contributed by atoms with Crippen molar-refractivity contribution in [2.75, 3.05) is 5.32 Å². The first-order valence-corrected chi connectivity index (χ1v) is 8.10. The van der Waals surface area contributed by atoms with Crippen LogP contribution in [0.2, 0.25) is 0 Å².